The third kappa shape index (κ3) is 3.12. The lowest BCUT2D eigenvalue weighted by Gasteiger charge is -2.40. The lowest BCUT2D eigenvalue weighted by atomic mass is 10.4. The van der Waals surface area contributed by atoms with Gasteiger partial charge in [0.2, 0.25) is 0 Å². The van der Waals surface area contributed by atoms with E-state index in [1.807, 2.05) is 5.01 Å². The van der Waals surface area contributed by atoms with Crippen molar-refractivity contribution >= 4 is 0 Å². The molecule has 1 fully saturated rings. The lowest BCUT2D eigenvalue weighted by Crippen LogP contribution is -2.56. The van der Waals surface area contributed by atoms with Gasteiger partial charge in [0.25, 0.3) is 0 Å². The van der Waals surface area contributed by atoms with E-state index in [1.165, 1.54) is 17.2 Å². The van der Waals surface area contributed by atoms with E-state index in [0.29, 0.717) is 26.3 Å². The van der Waals surface area contributed by atoms with E-state index in [1.54, 1.807) is 0 Å². The Morgan fingerprint density at radius 3 is 2.00 bits per heavy atom. The van der Waals surface area contributed by atoms with Crippen molar-refractivity contribution in [2.75, 3.05) is 26.3 Å². The van der Waals surface area contributed by atoms with Crippen LogP contribution >= 0.6 is 0 Å². The Labute approximate surface area is 89.8 Å². The van der Waals surface area contributed by atoms with Gasteiger partial charge >= 0.3 is 0 Å². The summed E-state index contributed by atoms with van der Waals surface area (Å²) in [6.07, 6.45) is 0.886. The molecule has 1 aliphatic heterocycles. The number of aliphatic hydroxyl groups is 2. The molecular formula is C10H18N2O3. The van der Waals surface area contributed by atoms with Gasteiger partial charge in [-0.2, -0.15) is 5.01 Å². The van der Waals surface area contributed by atoms with Crippen LogP contribution in [0.1, 0.15) is 0 Å². The quantitative estimate of drug-likeness (QED) is 0.479. The van der Waals surface area contributed by atoms with Crippen LogP contribution < -0.4 is 0 Å². The summed E-state index contributed by atoms with van der Waals surface area (Å²) in [6, 6.07) is 0. The van der Waals surface area contributed by atoms with Crippen LogP contribution in [0, 0.1) is 0 Å². The minimum atomic E-state index is -0.920. The van der Waals surface area contributed by atoms with Crippen molar-refractivity contribution in [2.45, 2.75) is 12.5 Å². The van der Waals surface area contributed by atoms with E-state index < -0.39 is 12.5 Å². The molecule has 5 heteroatoms. The number of aliphatic hydroxyl groups excluding tert-OH is 2. The second-order valence-electron chi connectivity index (χ2n) is 3.24. The fraction of sp³-hybridized carbons (Fsp3) is 0.600. The van der Waals surface area contributed by atoms with Crippen molar-refractivity contribution in [2.24, 2.45) is 0 Å². The van der Waals surface area contributed by atoms with Gasteiger partial charge in [-0.25, -0.2) is 5.01 Å². The Kier molecular flexibility index (Phi) is 4.93. The molecule has 1 saturated heterocycles. The number of rotatable bonds is 5. The molecule has 0 aromatic carbocycles. The maximum atomic E-state index is 9.69. The molecule has 5 nitrogen and oxygen atoms in total. The zero-order valence-electron chi connectivity index (χ0n) is 8.75. The second-order valence-corrected chi connectivity index (χ2v) is 3.24. The molecular weight excluding hydrogens is 196 g/mol. The van der Waals surface area contributed by atoms with Gasteiger partial charge in [-0.05, 0) is 12.2 Å². The fourth-order valence-electron chi connectivity index (χ4n) is 1.49. The SMILES string of the molecule is C=CC(O)N(C(O)C=C)N1CCOCC1. The average molecular weight is 214 g/mol. The molecule has 0 aromatic rings. The van der Waals surface area contributed by atoms with Gasteiger partial charge in [0, 0.05) is 13.1 Å². The van der Waals surface area contributed by atoms with Gasteiger partial charge in [-0.15, -0.1) is 0 Å². The standard InChI is InChI=1S/C10H18N2O3/c1-3-9(13)12(10(14)4-2)11-5-7-15-8-6-11/h3-4,9-10,13-14H,1-2,5-8H2. The molecule has 0 saturated carbocycles. The smallest absolute Gasteiger partial charge is 0.141 e. The van der Waals surface area contributed by atoms with Crippen LogP contribution in [-0.2, 0) is 4.74 Å². The topological polar surface area (TPSA) is 56.2 Å². The Bertz CT molecular complexity index is 203. The van der Waals surface area contributed by atoms with Gasteiger partial charge in [0.15, 0.2) is 0 Å². The third-order valence-corrected chi connectivity index (χ3v) is 2.28. The molecule has 1 rings (SSSR count). The number of morpholine rings is 1. The highest BCUT2D eigenvalue weighted by Crippen LogP contribution is 2.11. The summed E-state index contributed by atoms with van der Waals surface area (Å²) in [5.74, 6) is 0. The van der Waals surface area contributed by atoms with Gasteiger partial charge in [0.1, 0.15) is 12.5 Å². The van der Waals surface area contributed by atoms with Crippen LogP contribution in [0.3, 0.4) is 0 Å². The Morgan fingerprint density at radius 2 is 1.60 bits per heavy atom. The van der Waals surface area contributed by atoms with Crippen molar-refractivity contribution in [1.82, 2.24) is 10.0 Å². The van der Waals surface area contributed by atoms with Crippen molar-refractivity contribution in [3.8, 4) is 0 Å². The molecule has 15 heavy (non-hydrogen) atoms. The molecule has 1 aliphatic rings. The maximum Gasteiger partial charge on any atom is 0.141 e. The highest BCUT2D eigenvalue weighted by atomic mass is 16.5. The third-order valence-electron chi connectivity index (χ3n) is 2.28. The molecule has 2 atom stereocenters. The molecule has 0 bridgehead atoms. The Morgan fingerprint density at radius 1 is 1.13 bits per heavy atom. The van der Waals surface area contributed by atoms with Crippen LogP contribution in [0.4, 0.5) is 0 Å². The molecule has 1 heterocycles. The average Bonchev–Trinajstić information content (AvgIpc) is 2.30. The van der Waals surface area contributed by atoms with E-state index in [9.17, 15) is 10.2 Å². The largest absolute Gasteiger partial charge is 0.379 e. The fourth-order valence-corrected chi connectivity index (χ4v) is 1.49. The first kappa shape index (κ1) is 12.4. The van der Waals surface area contributed by atoms with Crippen LogP contribution in [0.5, 0.6) is 0 Å². The summed E-state index contributed by atoms with van der Waals surface area (Å²) in [5, 5.41) is 22.6. The van der Waals surface area contributed by atoms with E-state index in [4.69, 9.17) is 4.74 Å². The monoisotopic (exact) mass is 214 g/mol. The van der Waals surface area contributed by atoms with Crippen LogP contribution in [-0.4, -0.2) is 59.0 Å². The van der Waals surface area contributed by atoms with Crippen molar-refractivity contribution < 1.29 is 14.9 Å². The molecule has 0 aromatic heterocycles. The number of hydrogen-bond acceptors (Lipinski definition) is 5. The predicted molar refractivity (Wildman–Crippen MR) is 56.6 cm³/mol. The molecule has 2 N–H and O–H groups in total. The van der Waals surface area contributed by atoms with E-state index in [-0.39, 0.29) is 0 Å². The predicted octanol–water partition coefficient (Wildman–Crippen LogP) is -0.456. The number of ether oxygens (including phenoxy) is 1. The first-order valence-corrected chi connectivity index (χ1v) is 4.93. The van der Waals surface area contributed by atoms with E-state index in [2.05, 4.69) is 13.2 Å². The highest BCUT2D eigenvalue weighted by molar-refractivity contribution is 4.86. The first-order valence-electron chi connectivity index (χ1n) is 4.93. The van der Waals surface area contributed by atoms with Gasteiger partial charge in [-0.3, -0.25) is 0 Å². The molecule has 0 spiro atoms. The zero-order valence-corrected chi connectivity index (χ0v) is 8.75. The van der Waals surface area contributed by atoms with E-state index in [0.717, 1.165) is 0 Å². The first-order chi connectivity index (χ1) is 7.20. The van der Waals surface area contributed by atoms with Crippen molar-refractivity contribution in [3.05, 3.63) is 25.3 Å². The van der Waals surface area contributed by atoms with Gasteiger partial charge < -0.3 is 14.9 Å². The van der Waals surface area contributed by atoms with Crippen LogP contribution in [0.25, 0.3) is 0 Å². The molecule has 0 aliphatic carbocycles. The summed E-state index contributed by atoms with van der Waals surface area (Å²) in [5.41, 5.74) is 0. The number of hydrazine groups is 1. The van der Waals surface area contributed by atoms with Gasteiger partial charge in [0.05, 0.1) is 13.2 Å². The van der Waals surface area contributed by atoms with Crippen molar-refractivity contribution in [3.63, 3.8) is 0 Å². The van der Waals surface area contributed by atoms with Crippen LogP contribution in [0.15, 0.2) is 25.3 Å². The molecule has 0 radical (unpaired) electrons. The molecule has 2 unspecified atom stereocenters. The highest BCUT2D eigenvalue weighted by Gasteiger charge is 2.27. The summed E-state index contributed by atoms with van der Waals surface area (Å²) < 4.78 is 5.19. The Hall–Kier alpha value is -0.720. The normalized spacial score (nSPS) is 22.3. The Balaban J connectivity index is 2.68. The minimum Gasteiger partial charge on any atom is -0.379 e. The second kappa shape index (κ2) is 5.99. The molecule has 0 amide bonds. The summed E-state index contributed by atoms with van der Waals surface area (Å²) in [4.78, 5) is 0. The van der Waals surface area contributed by atoms with Crippen LogP contribution in [0.2, 0.25) is 0 Å². The summed E-state index contributed by atoms with van der Waals surface area (Å²) in [6.45, 7) is 9.44. The number of hydrogen-bond donors (Lipinski definition) is 2. The zero-order chi connectivity index (χ0) is 11.3. The maximum absolute atomic E-state index is 9.69. The minimum absolute atomic E-state index is 0.588. The lowest BCUT2D eigenvalue weighted by molar-refractivity contribution is -0.206. The molecule has 86 valence electrons. The number of nitrogens with zero attached hydrogens (tertiary/aromatic N) is 2. The van der Waals surface area contributed by atoms with E-state index >= 15 is 0 Å². The van der Waals surface area contributed by atoms with Gasteiger partial charge in [-0.1, -0.05) is 13.2 Å². The summed E-state index contributed by atoms with van der Waals surface area (Å²) in [7, 11) is 0. The van der Waals surface area contributed by atoms with Crippen molar-refractivity contribution in [1.29, 1.82) is 0 Å². The summed E-state index contributed by atoms with van der Waals surface area (Å²) >= 11 is 0.